The summed E-state index contributed by atoms with van der Waals surface area (Å²) in [4.78, 5) is 22.4. The zero-order chi connectivity index (χ0) is 16.3. The van der Waals surface area contributed by atoms with Crippen molar-refractivity contribution in [2.75, 3.05) is 33.0 Å². The molecule has 0 unspecified atom stereocenters. The first-order valence-electron chi connectivity index (χ1n) is 6.92. The molecule has 21 heavy (non-hydrogen) atoms. The fourth-order valence-corrected chi connectivity index (χ4v) is 1.19. The highest BCUT2D eigenvalue weighted by atomic mass is 16.6. The molecular weight excluding hydrogens is 276 g/mol. The average Bonchev–Trinajstić information content (AvgIpc) is 2.34. The van der Waals surface area contributed by atoms with Crippen molar-refractivity contribution < 1.29 is 28.5 Å². The molecule has 0 radical (unpaired) electrons. The molecule has 122 valence electrons. The molecule has 0 N–H and O–H groups in total. The summed E-state index contributed by atoms with van der Waals surface area (Å²) < 4.78 is 20.4. The molecule has 0 aliphatic carbocycles. The summed E-state index contributed by atoms with van der Waals surface area (Å²) in [7, 11) is 0. The molecule has 0 spiro atoms. The van der Waals surface area contributed by atoms with E-state index in [1.165, 1.54) is 0 Å². The maximum absolute atomic E-state index is 11.4. The number of ether oxygens (including phenoxy) is 4. The molecule has 0 rings (SSSR count). The first-order valence-corrected chi connectivity index (χ1v) is 6.92. The minimum atomic E-state index is -0.471. The zero-order valence-corrected chi connectivity index (χ0v) is 13.4. The minimum Gasteiger partial charge on any atom is -0.460 e. The molecule has 0 aromatic carbocycles. The van der Waals surface area contributed by atoms with Gasteiger partial charge in [-0.25, -0.2) is 4.79 Å². The fraction of sp³-hybridized carbons (Fsp3) is 0.733. The molecule has 0 aromatic rings. The van der Waals surface area contributed by atoms with E-state index in [1.54, 1.807) is 6.92 Å². The first-order chi connectivity index (χ1) is 9.72. The van der Waals surface area contributed by atoms with Crippen LogP contribution in [0.15, 0.2) is 12.2 Å². The minimum absolute atomic E-state index is 0.184. The van der Waals surface area contributed by atoms with Gasteiger partial charge in [0.1, 0.15) is 12.2 Å². The average molecular weight is 302 g/mol. The number of esters is 2. The Bertz CT molecular complexity index is 343. The van der Waals surface area contributed by atoms with Crippen LogP contribution in [-0.4, -0.2) is 50.6 Å². The van der Waals surface area contributed by atoms with Crippen LogP contribution in [0.2, 0.25) is 0 Å². The molecule has 0 aromatic heterocycles. The molecule has 0 aliphatic heterocycles. The van der Waals surface area contributed by atoms with Crippen molar-refractivity contribution in [1.29, 1.82) is 0 Å². The van der Waals surface area contributed by atoms with E-state index in [1.807, 2.05) is 20.8 Å². The highest BCUT2D eigenvalue weighted by Gasteiger charge is 2.15. The molecule has 0 aliphatic rings. The van der Waals surface area contributed by atoms with Gasteiger partial charge >= 0.3 is 11.9 Å². The third kappa shape index (κ3) is 13.3. The summed E-state index contributed by atoms with van der Waals surface area (Å²) in [5.74, 6) is -0.706. The summed E-state index contributed by atoms with van der Waals surface area (Å²) in [6, 6.07) is 0. The Morgan fingerprint density at radius 3 is 2.00 bits per heavy atom. The number of carbonyl (C=O) groups excluding carboxylic acids is 2. The summed E-state index contributed by atoms with van der Waals surface area (Å²) in [6.07, 6.45) is 0.216. The van der Waals surface area contributed by atoms with Crippen molar-refractivity contribution in [2.45, 2.75) is 39.7 Å². The number of rotatable bonds is 10. The third-order valence-electron chi connectivity index (χ3n) is 2.05. The Kier molecular flexibility index (Phi) is 9.65. The summed E-state index contributed by atoms with van der Waals surface area (Å²) in [5, 5.41) is 0. The van der Waals surface area contributed by atoms with E-state index < -0.39 is 11.6 Å². The van der Waals surface area contributed by atoms with E-state index >= 15 is 0 Å². The molecular formula is C15H26O6. The van der Waals surface area contributed by atoms with E-state index in [9.17, 15) is 9.59 Å². The van der Waals surface area contributed by atoms with Gasteiger partial charge in [0.25, 0.3) is 0 Å². The fourth-order valence-electron chi connectivity index (χ4n) is 1.19. The molecule has 0 atom stereocenters. The van der Waals surface area contributed by atoms with Gasteiger partial charge in [-0.05, 0) is 27.7 Å². The molecule has 0 heterocycles. The van der Waals surface area contributed by atoms with Crippen LogP contribution in [0.3, 0.4) is 0 Å². The lowest BCUT2D eigenvalue weighted by Gasteiger charge is -2.19. The van der Waals surface area contributed by atoms with Gasteiger partial charge in [0, 0.05) is 5.57 Å². The SMILES string of the molecule is C=C(C)C(=O)OCCOCCOCCC(=O)OC(C)(C)C. The lowest BCUT2D eigenvalue weighted by atomic mass is 10.2. The van der Waals surface area contributed by atoms with E-state index in [2.05, 4.69) is 6.58 Å². The first kappa shape index (κ1) is 19.6. The zero-order valence-electron chi connectivity index (χ0n) is 13.4. The summed E-state index contributed by atoms with van der Waals surface area (Å²) in [5.41, 5.74) is -0.109. The smallest absolute Gasteiger partial charge is 0.333 e. The van der Waals surface area contributed by atoms with Gasteiger partial charge in [-0.2, -0.15) is 0 Å². The Morgan fingerprint density at radius 1 is 0.952 bits per heavy atom. The largest absolute Gasteiger partial charge is 0.460 e. The van der Waals surface area contributed by atoms with Gasteiger partial charge < -0.3 is 18.9 Å². The van der Waals surface area contributed by atoms with Gasteiger partial charge in [-0.1, -0.05) is 6.58 Å². The highest BCUT2D eigenvalue weighted by molar-refractivity contribution is 5.86. The molecule has 0 bridgehead atoms. The number of hydrogen-bond acceptors (Lipinski definition) is 6. The van der Waals surface area contributed by atoms with Crippen LogP contribution in [0.4, 0.5) is 0 Å². The van der Waals surface area contributed by atoms with E-state index in [0.717, 1.165) is 0 Å². The quantitative estimate of drug-likeness (QED) is 0.348. The lowest BCUT2D eigenvalue weighted by Crippen LogP contribution is -2.24. The standard InChI is InChI=1S/C15H26O6/c1-12(2)14(17)20-11-10-19-9-8-18-7-6-13(16)21-15(3,4)5/h1,6-11H2,2-5H3. The third-order valence-corrected chi connectivity index (χ3v) is 2.05. The second kappa shape index (κ2) is 10.3. The number of hydrogen-bond donors (Lipinski definition) is 0. The van der Waals surface area contributed by atoms with Crippen LogP contribution in [0.1, 0.15) is 34.1 Å². The van der Waals surface area contributed by atoms with E-state index in [4.69, 9.17) is 18.9 Å². The summed E-state index contributed by atoms with van der Waals surface area (Å²) in [6.45, 7) is 12.0. The second-order valence-electron chi connectivity index (χ2n) is 5.48. The Balaban J connectivity index is 3.35. The molecule has 0 amide bonds. The lowest BCUT2D eigenvalue weighted by molar-refractivity contribution is -0.156. The van der Waals surface area contributed by atoms with Crippen LogP contribution in [0.5, 0.6) is 0 Å². The van der Waals surface area contributed by atoms with Crippen molar-refractivity contribution in [3.05, 3.63) is 12.2 Å². The predicted octanol–water partition coefficient (Wildman–Crippen LogP) is 1.87. The highest BCUT2D eigenvalue weighted by Crippen LogP contribution is 2.07. The van der Waals surface area contributed by atoms with Crippen LogP contribution < -0.4 is 0 Å². The van der Waals surface area contributed by atoms with Gasteiger partial charge in [0.15, 0.2) is 0 Å². The van der Waals surface area contributed by atoms with Crippen molar-refractivity contribution >= 4 is 11.9 Å². The predicted molar refractivity (Wildman–Crippen MR) is 77.9 cm³/mol. The van der Waals surface area contributed by atoms with E-state index in [-0.39, 0.29) is 19.0 Å². The van der Waals surface area contributed by atoms with Gasteiger partial charge in [-0.15, -0.1) is 0 Å². The molecule has 6 heteroatoms. The number of carbonyl (C=O) groups is 2. The van der Waals surface area contributed by atoms with Crippen molar-refractivity contribution in [1.82, 2.24) is 0 Å². The van der Waals surface area contributed by atoms with Crippen molar-refractivity contribution in [3.63, 3.8) is 0 Å². The Labute approximate surface area is 126 Å². The van der Waals surface area contributed by atoms with Crippen LogP contribution in [-0.2, 0) is 28.5 Å². The van der Waals surface area contributed by atoms with Gasteiger partial charge in [0.2, 0.25) is 0 Å². The van der Waals surface area contributed by atoms with Gasteiger partial charge in [-0.3, -0.25) is 4.79 Å². The monoisotopic (exact) mass is 302 g/mol. The maximum atomic E-state index is 11.4. The van der Waals surface area contributed by atoms with E-state index in [0.29, 0.717) is 32.0 Å². The van der Waals surface area contributed by atoms with Crippen molar-refractivity contribution in [3.8, 4) is 0 Å². The topological polar surface area (TPSA) is 71.1 Å². The molecule has 6 nitrogen and oxygen atoms in total. The van der Waals surface area contributed by atoms with Crippen molar-refractivity contribution in [2.24, 2.45) is 0 Å². The Hall–Kier alpha value is -1.40. The van der Waals surface area contributed by atoms with Gasteiger partial charge in [0.05, 0.1) is 32.8 Å². The van der Waals surface area contributed by atoms with Crippen LogP contribution in [0.25, 0.3) is 0 Å². The van der Waals surface area contributed by atoms with Crippen LogP contribution in [0, 0.1) is 0 Å². The molecule has 0 fully saturated rings. The second-order valence-corrected chi connectivity index (χ2v) is 5.48. The maximum Gasteiger partial charge on any atom is 0.333 e. The van der Waals surface area contributed by atoms with Crippen LogP contribution >= 0.6 is 0 Å². The summed E-state index contributed by atoms with van der Waals surface area (Å²) >= 11 is 0. The molecule has 0 saturated carbocycles. The molecule has 0 saturated heterocycles. The Morgan fingerprint density at radius 2 is 1.48 bits per heavy atom. The normalized spacial score (nSPS) is 11.0.